The lowest BCUT2D eigenvalue weighted by molar-refractivity contribution is -0.420. The number of hydrogen-bond donors (Lipinski definition) is 4. The molecule has 0 aromatic rings. The van der Waals surface area contributed by atoms with Crippen LogP contribution in [0.25, 0.3) is 0 Å². The molecule has 0 unspecified atom stereocenters. The van der Waals surface area contributed by atoms with E-state index in [1.54, 1.807) is 0 Å². The monoisotopic (exact) mass is 148 g/mol. The van der Waals surface area contributed by atoms with Crippen LogP contribution in [0.1, 0.15) is 0 Å². The highest BCUT2D eigenvalue weighted by Gasteiger charge is 1.36. The summed E-state index contributed by atoms with van der Waals surface area (Å²) >= 11 is 0. The summed E-state index contributed by atoms with van der Waals surface area (Å²) in [6, 6.07) is 0. The van der Waals surface area contributed by atoms with E-state index in [1.807, 2.05) is 0 Å². The predicted octanol–water partition coefficient (Wildman–Crippen LogP) is -1.28. The van der Waals surface area contributed by atoms with Gasteiger partial charge in [0.2, 0.25) is 0 Å². The first-order chi connectivity index (χ1) is 2.00. The lowest BCUT2D eigenvalue weighted by Gasteiger charge is -2.43. The minimum Gasteiger partial charge on any atom is -0.839 e. The zero-order valence-electron chi connectivity index (χ0n) is 5.17. The Kier molecular flexibility index (Phi) is 21.4. The molecule has 7 nitrogen and oxygen atoms in total. The summed E-state index contributed by atoms with van der Waals surface area (Å²) in [6.45, 7) is 0. The summed E-state index contributed by atoms with van der Waals surface area (Å²) in [7, 11) is -4.89. The van der Waals surface area contributed by atoms with Gasteiger partial charge in [-0.25, -0.2) is 0 Å². The van der Waals surface area contributed by atoms with Crippen LogP contribution in [0, 0.1) is 5.16 Å². The lowest BCUT2D eigenvalue weighted by atomic mass is 14.0. The molecule has 0 fully saturated rings. The highest BCUT2D eigenvalue weighted by Crippen LogP contribution is 2.05. The molecule has 0 saturated heterocycles. The van der Waals surface area contributed by atoms with Gasteiger partial charge in [-0.1, -0.05) is 0 Å². The van der Waals surface area contributed by atoms with E-state index in [0.717, 1.165) is 0 Å². The Morgan fingerprint density at radius 2 is 0.875 bits per heavy atom. The third-order valence-electron chi connectivity index (χ3n) is 0. The molecule has 0 rings (SSSR count). The first kappa shape index (κ1) is 24.5. The first-order valence-corrected chi connectivity index (χ1v) is 2.31. The molecule has 0 aromatic carbocycles. The Morgan fingerprint density at radius 3 is 0.875 bits per heavy atom. The highest BCUT2D eigenvalue weighted by molar-refractivity contribution is 7.41. The Hall–Kier alpha value is -0.0100. The van der Waals surface area contributed by atoms with E-state index < -0.39 is 7.74 Å². The quantitative estimate of drug-likeness (QED) is 0.310. The lowest BCUT2D eigenvalue weighted by Crippen LogP contribution is -2.23. The average Bonchev–Trinajstić information content (AvgIpc) is 0.722. The minimum atomic E-state index is -4.89. The van der Waals surface area contributed by atoms with E-state index in [1.165, 1.54) is 0 Å². The fourth-order valence-electron chi connectivity index (χ4n) is 0. The molecule has 8 heteroatoms. The first-order valence-electron chi connectivity index (χ1n) is 0.771. The second-order valence-corrected chi connectivity index (χ2v) is 1.49. The van der Waals surface area contributed by atoms with Crippen molar-refractivity contribution in [3.05, 3.63) is 0 Å². The van der Waals surface area contributed by atoms with Crippen LogP contribution in [0.5, 0.6) is 0 Å². The number of quaternary nitrogens is 3. The zero-order chi connectivity index (χ0) is 4.50. The van der Waals surface area contributed by atoms with E-state index in [4.69, 9.17) is 19.8 Å². The summed E-state index contributed by atoms with van der Waals surface area (Å²) in [5.41, 5.74) is 0. The Morgan fingerprint density at radius 1 is 0.875 bits per heavy atom. The SMILES string of the molecule is N=P([O-])([O-])[O-].[NH4+].[NH4+].[NH4+]. The van der Waals surface area contributed by atoms with Crippen LogP contribution in [0.3, 0.4) is 0 Å². The molecule has 8 heavy (non-hydrogen) atoms. The summed E-state index contributed by atoms with van der Waals surface area (Å²) in [5.74, 6) is 0. The molecule has 0 bridgehead atoms. The fourth-order valence-corrected chi connectivity index (χ4v) is 0. The molecule has 0 aromatic heterocycles. The van der Waals surface area contributed by atoms with Crippen molar-refractivity contribution in [1.82, 2.24) is 18.5 Å². The zero-order valence-corrected chi connectivity index (χ0v) is 6.07. The van der Waals surface area contributed by atoms with Crippen LogP contribution < -0.4 is 33.1 Å². The van der Waals surface area contributed by atoms with E-state index >= 15 is 0 Å². The Bertz CT molecular complexity index is 57.4. The maximum atomic E-state index is 8.77. The topological polar surface area (TPSA) is 203 Å². The Labute approximate surface area is 47.2 Å². The highest BCUT2D eigenvalue weighted by atomic mass is 31.2. The summed E-state index contributed by atoms with van der Waals surface area (Å²) < 4.78 is 0. The summed E-state index contributed by atoms with van der Waals surface area (Å²) in [5, 5.41) is 5.38. The summed E-state index contributed by atoms with van der Waals surface area (Å²) in [6.07, 6.45) is 0. The van der Waals surface area contributed by atoms with Crippen molar-refractivity contribution >= 4 is 7.74 Å². The van der Waals surface area contributed by atoms with Crippen molar-refractivity contribution < 1.29 is 14.7 Å². The third-order valence-corrected chi connectivity index (χ3v) is 0. The van der Waals surface area contributed by atoms with Crippen molar-refractivity contribution in [1.29, 1.82) is 5.16 Å². The smallest absolute Gasteiger partial charge is 0.298 e. The van der Waals surface area contributed by atoms with E-state index in [2.05, 4.69) is 0 Å². The second-order valence-electron chi connectivity index (χ2n) is 0.497. The molecule has 0 heterocycles. The van der Waals surface area contributed by atoms with Crippen LogP contribution >= 0.6 is 7.74 Å². The minimum absolute atomic E-state index is 0. The van der Waals surface area contributed by atoms with Gasteiger partial charge in [-0.15, -0.1) is 0 Å². The van der Waals surface area contributed by atoms with Crippen molar-refractivity contribution in [2.45, 2.75) is 0 Å². The Balaban J connectivity index is -0.0000000267. The maximum Gasteiger partial charge on any atom is -0.298 e. The van der Waals surface area contributed by atoms with Crippen molar-refractivity contribution in [2.75, 3.05) is 0 Å². The van der Waals surface area contributed by atoms with Gasteiger partial charge in [0.25, 0.3) is 0 Å². The molecule has 0 atom stereocenters. The van der Waals surface area contributed by atoms with Gasteiger partial charge >= 0.3 is 0 Å². The molecule has 56 valence electrons. The van der Waals surface area contributed by atoms with Gasteiger partial charge in [0.05, 0.1) is 0 Å². The molecule has 0 amide bonds. The molecule has 0 spiro atoms. The fraction of sp³-hybridized carbons (Fsp3) is 0. The standard InChI is InChI=1S/HNO3P.3H3N/c1-5(2,3)4;;;/h(H-3,1,2,3,4);3*1H3/q-3;;;/p+3. The maximum absolute atomic E-state index is 8.77. The van der Waals surface area contributed by atoms with Crippen LogP contribution in [0.2, 0.25) is 0 Å². The van der Waals surface area contributed by atoms with Gasteiger partial charge in [-0.3, -0.25) is 7.74 Å². The third kappa shape index (κ3) is 1490000. The van der Waals surface area contributed by atoms with E-state index in [9.17, 15) is 0 Å². The van der Waals surface area contributed by atoms with E-state index in [0.29, 0.717) is 0 Å². The van der Waals surface area contributed by atoms with Crippen molar-refractivity contribution in [2.24, 2.45) is 0 Å². The molecule has 13 N–H and O–H groups in total. The van der Waals surface area contributed by atoms with Crippen LogP contribution in [-0.2, 0) is 0 Å². The second kappa shape index (κ2) is 6.99. The predicted molar refractivity (Wildman–Crippen MR) is 27.6 cm³/mol. The van der Waals surface area contributed by atoms with Crippen LogP contribution in [-0.4, -0.2) is 0 Å². The molecular formula is H13N4O3P. The molecule has 0 aliphatic carbocycles. The van der Waals surface area contributed by atoms with Gasteiger partial charge in [0.1, 0.15) is 0 Å². The van der Waals surface area contributed by atoms with Gasteiger partial charge in [-0.2, -0.15) is 0 Å². The molecule has 0 aliphatic rings. The number of hydrogen-bond acceptors (Lipinski definition) is 4. The van der Waals surface area contributed by atoms with Crippen molar-refractivity contribution in [3.8, 4) is 0 Å². The van der Waals surface area contributed by atoms with Crippen LogP contribution in [0.4, 0.5) is 0 Å². The molecule has 0 aliphatic heterocycles. The van der Waals surface area contributed by atoms with Gasteiger partial charge < -0.3 is 38.3 Å². The molecular weight excluding hydrogens is 135 g/mol. The molecule has 0 radical (unpaired) electrons. The van der Waals surface area contributed by atoms with Gasteiger partial charge in [-0.05, 0) is 0 Å². The van der Waals surface area contributed by atoms with Gasteiger partial charge in [0, 0.05) is 0 Å². The summed E-state index contributed by atoms with van der Waals surface area (Å²) in [4.78, 5) is 26.3. The number of nitrogens with one attached hydrogen (secondary N) is 1. The number of rotatable bonds is 0. The van der Waals surface area contributed by atoms with E-state index in [-0.39, 0.29) is 18.5 Å². The van der Waals surface area contributed by atoms with Gasteiger partial charge in [0.15, 0.2) is 0 Å². The molecule has 0 saturated carbocycles. The largest absolute Gasteiger partial charge is 0.839 e. The van der Waals surface area contributed by atoms with Crippen LogP contribution in [0.15, 0.2) is 0 Å². The normalized spacial score (nSPS) is 7.38. The van der Waals surface area contributed by atoms with Crippen molar-refractivity contribution in [3.63, 3.8) is 0 Å². The average molecular weight is 148 g/mol.